The first-order chi connectivity index (χ1) is 4.97. The van der Waals surface area contributed by atoms with Gasteiger partial charge in [0.15, 0.2) is 0 Å². The summed E-state index contributed by atoms with van der Waals surface area (Å²) in [6, 6.07) is 0.970. The van der Waals surface area contributed by atoms with Crippen LogP contribution in [0.25, 0.3) is 0 Å². The van der Waals surface area contributed by atoms with Crippen molar-refractivity contribution in [2.24, 2.45) is 0 Å². The molecule has 3 heteroatoms. The number of hydrogen-bond acceptors (Lipinski definition) is 3. The maximum Gasteiger partial charge on any atom is 0.0455 e. The first kappa shape index (κ1) is 7.32. The molecule has 0 radical (unpaired) electrons. The molecule has 1 saturated carbocycles. The molecule has 0 bridgehead atoms. The highest BCUT2D eigenvalue weighted by atomic mass is 32.2. The van der Waals surface area contributed by atoms with Crippen LogP contribution in [0.1, 0.15) is 12.8 Å². The van der Waals surface area contributed by atoms with Crippen LogP contribution >= 0.6 is 23.5 Å². The van der Waals surface area contributed by atoms with Gasteiger partial charge in [0.25, 0.3) is 0 Å². The summed E-state index contributed by atoms with van der Waals surface area (Å²) in [5.74, 6) is 5.29. The molecule has 1 heterocycles. The summed E-state index contributed by atoms with van der Waals surface area (Å²) in [5, 5.41) is 0. The van der Waals surface area contributed by atoms with Gasteiger partial charge in [-0.25, -0.2) is 0 Å². The molecular formula is C7H13NS2. The van der Waals surface area contributed by atoms with Crippen molar-refractivity contribution in [3.63, 3.8) is 0 Å². The zero-order valence-corrected chi connectivity index (χ0v) is 7.72. The van der Waals surface area contributed by atoms with Gasteiger partial charge in [-0.1, -0.05) is 0 Å². The molecule has 0 aromatic carbocycles. The van der Waals surface area contributed by atoms with Crippen molar-refractivity contribution in [1.29, 1.82) is 0 Å². The van der Waals surface area contributed by atoms with Crippen molar-refractivity contribution in [2.75, 3.05) is 23.3 Å². The zero-order valence-electron chi connectivity index (χ0n) is 6.08. The average Bonchev–Trinajstić information content (AvgIpc) is 2.76. The van der Waals surface area contributed by atoms with Gasteiger partial charge in [-0.3, -0.25) is 4.90 Å². The van der Waals surface area contributed by atoms with E-state index in [0.717, 1.165) is 6.04 Å². The lowest BCUT2D eigenvalue weighted by molar-refractivity contribution is 0.368. The normalized spacial score (nSPS) is 30.0. The van der Waals surface area contributed by atoms with Crippen LogP contribution in [0, 0.1) is 0 Å². The van der Waals surface area contributed by atoms with Crippen LogP contribution in [0.15, 0.2) is 0 Å². The second-order valence-electron chi connectivity index (χ2n) is 2.89. The van der Waals surface area contributed by atoms with Gasteiger partial charge in [-0.2, -0.15) is 0 Å². The lowest BCUT2D eigenvalue weighted by Gasteiger charge is -2.16. The third-order valence-electron chi connectivity index (χ3n) is 1.95. The van der Waals surface area contributed by atoms with Gasteiger partial charge in [0, 0.05) is 29.3 Å². The number of hydrogen-bond donors (Lipinski definition) is 0. The third-order valence-corrected chi connectivity index (χ3v) is 4.22. The van der Waals surface area contributed by atoms with E-state index in [1.165, 1.54) is 36.1 Å². The lowest BCUT2D eigenvalue weighted by Crippen LogP contribution is -2.23. The van der Waals surface area contributed by atoms with E-state index in [1.54, 1.807) is 0 Å². The predicted octanol–water partition coefficient (Wildman–Crippen LogP) is 1.85. The minimum Gasteiger partial charge on any atom is -0.282 e. The Bertz CT molecular complexity index is 106. The molecule has 0 unspecified atom stereocenters. The largest absolute Gasteiger partial charge is 0.282 e. The van der Waals surface area contributed by atoms with E-state index >= 15 is 0 Å². The number of thioether (sulfide) groups is 2. The summed E-state index contributed by atoms with van der Waals surface area (Å²) >= 11 is 4.19. The van der Waals surface area contributed by atoms with E-state index in [9.17, 15) is 0 Å². The van der Waals surface area contributed by atoms with Gasteiger partial charge in [0.1, 0.15) is 0 Å². The smallest absolute Gasteiger partial charge is 0.0455 e. The van der Waals surface area contributed by atoms with Crippen molar-refractivity contribution in [3.05, 3.63) is 0 Å². The Morgan fingerprint density at radius 1 is 1.00 bits per heavy atom. The van der Waals surface area contributed by atoms with Crippen LogP contribution in [0.4, 0.5) is 0 Å². The van der Waals surface area contributed by atoms with E-state index < -0.39 is 0 Å². The van der Waals surface area contributed by atoms with Gasteiger partial charge in [-0.15, -0.1) is 23.5 Å². The summed E-state index contributed by atoms with van der Waals surface area (Å²) in [5.41, 5.74) is 0. The van der Waals surface area contributed by atoms with Crippen molar-refractivity contribution in [3.8, 4) is 0 Å². The molecule has 0 N–H and O–H groups in total. The number of nitrogens with zero attached hydrogens (tertiary/aromatic N) is 1. The fourth-order valence-corrected chi connectivity index (χ4v) is 3.56. The molecule has 1 saturated heterocycles. The molecular weight excluding hydrogens is 162 g/mol. The first-order valence-electron chi connectivity index (χ1n) is 3.86. The Morgan fingerprint density at radius 2 is 1.60 bits per heavy atom. The minimum atomic E-state index is 0.970. The molecule has 0 aromatic heterocycles. The van der Waals surface area contributed by atoms with Crippen LogP contribution in [-0.4, -0.2) is 34.2 Å². The van der Waals surface area contributed by atoms with E-state index in [0.29, 0.717) is 0 Å². The van der Waals surface area contributed by atoms with Crippen molar-refractivity contribution >= 4 is 23.5 Å². The molecule has 1 nitrogen and oxygen atoms in total. The standard InChI is InChI=1S/C7H13NS2/c1-2-7(1)8-5-9-3-4-10-6-8/h7H,1-6H2. The van der Waals surface area contributed by atoms with Crippen LogP contribution in [0.2, 0.25) is 0 Å². The second kappa shape index (κ2) is 3.37. The molecule has 2 fully saturated rings. The maximum absolute atomic E-state index is 2.63. The monoisotopic (exact) mass is 175 g/mol. The fourth-order valence-electron chi connectivity index (χ4n) is 1.17. The van der Waals surface area contributed by atoms with Crippen LogP contribution in [-0.2, 0) is 0 Å². The molecule has 0 spiro atoms. The fraction of sp³-hybridized carbons (Fsp3) is 1.00. The predicted molar refractivity (Wildman–Crippen MR) is 49.5 cm³/mol. The van der Waals surface area contributed by atoms with Gasteiger partial charge < -0.3 is 0 Å². The Kier molecular flexibility index (Phi) is 2.47. The van der Waals surface area contributed by atoms with Gasteiger partial charge in [0.2, 0.25) is 0 Å². The summed E-state index contributed by atoms with van der Waals surface area (Å²) in [6.07, 6.45) is 2.92. The average molecular weight is 175 g/mol. The summed E-state index contributed by atoms with van der Waals surface area (Å²) in [4.78, 5) is 2.63. The highest BCUT2D eigenvalue weighted by molar-refractivity contribution is 8.03. The van der Waals surface area contributed by atoms with Gasteiger partial charge in [0.05, 0.1) is 0 Å². The quantitative estimate of drug-likeness (QED) is 0.599. The molecule has 58 valence electrons. The SMILES string of the molecule is C1CSCN(C2CC2)CS1. The molecule has 0 amide bonds. The van der Waals surface area contributed by atoms with E-state index in [1.807, 2.05) is 0 Å². The molecule has 1 aliphatic heterocycles. The maximum atomic E-state index is 2.63. The van der Waals surface area contributed by atoms with Crippen molar-refractivity contribution in [2.45, 2.75) is 18.9 Å². The van der Waals surface area contributed by atoms with E-state index in [4.69, 9.17) is 0 Å². The van der Waals surface area contributed by atoms with Crippen LogP contribution in [0.3, 0.4) is 0 Å². The molecule has 10 heavy (non-hydrogen) atoms. The molecule has 0 atom stereocenters. The second-order valence-corrected chi connectivity index (χ2v) is 5.04. The molecule has 2 aliphatic rings. The van der Waals surface area contributed by atoms with Crippen molar-refractivity contribution in [1.82, 2.24) is 4.90 Å². The summed E-state index contributed by atoms with van der Waals surface area (Å²) < 4.78 is 0. The Labute approximate surface area is 70.9 Å². The lowest BCUT2D eigenvalue weighted by atomic mass is 10.6. The minimum absolute atomic E-state index is 0.970. The topological polar surface area (TPSA) is 3.24 Å². The zero-order chi connectivity index (χ0) is 6.81. The van der Waals surface area contributed by atoms with Crippen LogP contribution in [0.5, 0.6) is 0 Å². The Morgan fingerprint density at radius 3 is 2.10 bits per heavy atom. The highest BCUT2D eigenvalue weighted by Crippen LogP contribution is 2.31. The molecule has 0 aromatic rings. The van der Waals surface area contributed by atoms with E-state index in [-0.39, 0.29) is 0 Å². The first-order valence-corrected chi connectivity index (χ1v) is 6.17. The van der Waals surface area contributed by atoms with Gasteiger partial charge in [-0.05, 0) is 12.8 Å². The van der Waals surface area contributed by atoms with Gasteiger partial charge >= 0.3 is 0 Å². The summed E-state index contributed by atoms with van der Waals surface area (Å²) in [7, 11) is 0. The molecule has 2 rings (SSSR count). The Balaban J connectivity index is 1.81. The van der Waals surface area contributed by atoms with E-state index in [2.05, 4.69) is 28.4 Å². The Hall–Kier alpha value is 0.660. The van der Waals surface area contributed by atoms with Crippen LogP contribution < -0.4 is 0 Å². The third kappa shape index (κ3) is 1.83. The number of rotatable bonds is 1. The molecule has 1 aliphatic carbocycles. The highest BCUT2D eigenvalue weighted by Gasteiger charge is 2.29. The van der Waals surface area contributed by atoms with Crippen molar-refractivity contribution < 1.29 is 0 Å². The summed E-state index contributed by atoms with van der Waals surface area (Å²) in [6.45, 7) is 0.